The lowest BCUT2D eigenvalue weighted by molar-refractivity contribution is -0.645. The maximum atomic E-state index is 13.1. The van der Waals surface area contributed by atoms with Crippen molar-refractivity contribution in [2.75, 3.05) is 42.6 Å². The van der Waals surface area contributed by atoms with Gasteiger partial charge < -0.3 is 19.7 Å². The van der Waals surface area contributed by atoms with Crippen molar-refractivity contribution in [3.05, 3.63) is 82.5 Å². The molecule has 2 heterocycles. The fourth-order valence-corrected chi connectivity index (χ4v) is 5.13. The zero-order chi connectivity index (χ0) is 26.5. The Balaban J connectivity index is 1.19. The van der Waals surface area contributed by atoms with Gasteiger partial charge in [-0.05, 0) is 61.0 Å². The molecule has 4 aromatic rings. The Morgan fingerprint density at radius 1 is 0.974 bits per heavy atom. The summed E-state index contributed by atoms with van der Waals surface area (Å²) < 4.78 is 6.99. The lowest BCUT2D eigenvalue weighted by Crippen LogP contribution is -2.46. The average Bonchev–Trinajstić information content (AvgIpc) is 3.29. The number of halogens is 1. The molecule has 8 nitrogen and oxygen atoms in total. The number of aromatic nitrogens is 3. The van der Waals surface area contributed by atoms with Crippen LogP contribution in [0.15, 0.2) is 66.7 Å². The van der Waals surface area contributed by atoms with Crippen molar-refractivity contribution in [1.82, 2.24) is 9.90 Å². The number of hydrogen-bond donors (Lipinski definition) is 0. The van der Waals surface area contributed by atoms with Crippen molar-refractivity contribution in [2.24, 2.45) is 0 Å². The molecule has 0 saturated carbocycles. The van der Waals surface area contributed by atoms with E-state index in [2.05, 4.69) is 34.1 Å². The maximum Gasteiger partial charge on any atom is 0.366 e. The van der Waals surface area contributed by atoms with Crippen LogP contribution in [0.3, 0.4) is 0 Å². The van der Waals surface area contributed by atoms with Crippen LogP contribution in [0.5, 0.6) is 5.75 Å². The van der Waals surface area contributed by atoms with Crippen molar-refractivity contribution in [1.29, 1.82) is 0 Å². The van der Waals surface area contributed by atoms with Crippen LogP contribution in [0.1, 0.15) is 43.0 Å². The molecule has 3 aromatic carbocycles. The molecular weight excluding hydrogens is 502 g/mol. The molecule has 0 spiro atoms. The minimum absolute atomic E-state index is 0.339. The molecule has 0 aliphatic carbocycles. The zero-order valence-electron chi connectivity index (χ0n) is 21.6. The summed E-state index contributed by atoms with van der Waals surface area (Å²) in [6.45, 7) is 6.31. The number of hydrogen-bond acceptors (Lipinski definition) is 6. The van der Waals surface area contributed by atoms with E-state index in [0.29, 0.717) is 26.5 Å². The first-order valence-electron chi connectivity index (χ1n) is 13.2. The highest BCUT2D eigenvalue weighted by Gasteiger charge is 2.25. The molecule has 5 rings (SSSR count). The molecule has 38 heavy (non-hydrogen) atoms. The molecule has 1 aliphatic rings. The van der Waals surface area contributed by atoms with Crippen molar-refractivity contribution in [2.45, 2.75) is 32.6 Å². The highest BCUT2D eigenvalue weighted by molar-refractivity contribution is 6.33. The monoisotopic (exact) mass is 533 g/mol. The van der Waals surface area contributed by atoms with E-state index in [1.165, 1.54) is 24.9 Å². The summed E-state index contributed by atoms with van der Waals surface area (Å²) in [5.74, 6) is 0.515. The van der Waals surface area contributed by atoms with Gasteiger partial charge in [-0.1, -0.05) is 54.6 Å². The SMILES string of the molecule is CCCCCCOc1ccc(N2CCN(c3ccc(C(=O)n4n[n+]([O-])c5ccccc54)cc3Cl)CC2)cc1. The topological polar surface area (TPSA) is 77.5 Å². The van der Waals surface area contributed by atoms with E-state index in [4.69, 9.17) is 16.3 Å². The number of piperazine rings is 1. The van der Waals surface area contributed by atoms with E-state index in [9.17, 15) is 10.0 Å². The third kappa shape index (κ3) is 5.55. The zero-order valence-corrected chi connectivity index (χ0v) is 22.3. The van der Waals surface area contributed by atoms with Crippen LogP contribution in [-0.2, 0) is 0 Å². The van der Waals surface area contributed by atoms with Crippen LogP contribution in [0.4, 0.5) is 11.4 Å². The molecule has 0 radical (unpaired) electrons. The summed E-state index contributed by atoms with van der Waals surface area (Å²) >= 11 is 6.64. The predicted molar refractivity (Wildman–Crippen MR) is 150 cm³/mol. The summed E-state index contributed by atoms with van der Waals surface area (Å²) in [7, 11) is 0. The van der Waals surface area contributed by atoms with Gasteiger partial charge in [-0.2, -0.15) is 0 Å². The highest BCUT2D eigenvalue weighted by Crippen LogP contribution is 2.30. The van der Waals surface area contributed by atoms with Crippen LogP contribution < -0.4 is 19.4 Å². The van der Waals surface area contributed by atoms with Gasteiger partial charge >= 0.3 is 5.91 Å². The van der Waals surface area contributed by atoms with E-state index in [0.717, 1.165) is 55.3 Å². The molecule has 0 atom stereocenters. The van der Waals surface area contributed by atoms with Crippen molar-refractivity contribution in [3.63, 3.8) is 0 Å². The van der Waals surface area contributed by atoms with Gasteiger partial charge in [-0.25, -0.2) is 4.79 Å². The van der Waals surface area contributed by atoms with Crippen molar-refractivity contribution >= 4 is 39.9 Å². The van der Waals surface area contributed by atoms with Gasteiger partial charge in [0.15, 0.2) is 0 Å². The van der Waals surface area contributed by atoms with Crippen LogP contribution in [0.2, 0.25) is 5.02 Å². The Bertz CT molecular complexity index is 1400. The number of ether oxygens (including phenoxy) is 1. The van der Waals surface area contributed by atoms with Gasteiger partial charge in [-0.15, -0.1) is 4.85 Å². The molecule has 198 valence electrons. The summed E-state index contributed by atoms with van der Waals surface area (Å²) in [5, 5.41) is 16.4. The van der Waals surface area contributed by atoms with E-state index in [1.54, 1.807) is 36.4 Å². The minimum atomic E-state index is -0.401. The molecule has 9 heteroatoms. The highest BCUT2D eigenvalue weighted by atomic mass is 35.5. The molecule has 1 aliphatic heterocycles. The Hall–Kier alpha value is -3.78. The molecule has 1 aromatic heterocycles. The number of carbonyl (C=O) groups is 1. The number of unbranched alkanes of at least 4 members (excludes halogenated alkanes) is 3. The summed E-state index contributed by atoms with van der Waals surface area (Å²) in [5.41, 5.74) is 3.23. The number of nitrogens with zero attached hydrogens (tertiary/aromatic N) is 5. The number of para-hydroxylation sites is 2. The summed E-state index contributed by atoms with van der Waals surface area (Å²) in [6, 6.07) is 20.4. The number of benzene rings is 3. The maximum absolute atomic E-state index is 13.1. The number of carbonyl (C=O) groups excluding carboxylic acids is 1. The van der Waals surface area contributed by atoms with E-state index in [-0.39, 0.29) is 0 Å². The van der Waals surface area contributed by atoms with E-state index in [1.807, 2.05) is 18.2 Å². The van der Waals surface area contributed by atoms with Gasteiger partial charge in [0, 0.05) is 31.9 Å². The van der Waals surface area contributed by atoms with Gasteiger partial charge in [0.05, 0.1) is 22.9 Å². The van der Waals surface area contributed by atoms with Crippen molar-refractivity contribution < 1.29 is 14.4 Å². The molecule has 1 saturated heterocycles. The number of rotatable bonds is 9. The molecule has 0 N–H and O–H groups in total. The lowest BCUT2D eigenvalue weighted by Gasteiger charge is -2.37. The second kappa shape index (κ2) is 11.7. The first-order valence-corrected chi connectivity index (χ1v) is 13.6. The second-order valence-electron chi connectivity index (χ2n) is 9.51. The Morgan fingerprint density at radius 2 is 1.71 bits per heavy atom. The average molecular weight is 534 g/mol. The quantitative estimate of drug-likeness (QED) is 0.165. The number of fused-ring (bicyclic) bond motifs is 1. The summed E-state index contributed by atoms with van der Waals surface area (Å²) in [6.07, 6.45) is 4.79. The van der Waals surface area contributed by atoms with Crippen LogP contribution in [0.25, 0.3) is 11.0 Å². The molecule has 0 unspecified atom stereocenters. The third-order valence-electron chi connectivity index (χ3n) is 6.96. The van der Waals surface area contributed by atoms with Gasteiger partial charge in [0.2, 0.25) is 11.0 Å². The predicted octanol–water partition coefficient (Wildman–Crippen LogP) is 5.30. The lowest BCUT2D eigenvalue weighted by atomic mass is 10.1. The minimum Gasteiger partial charge on any atom is -0.691 e. The van der Waals surface area contributed by atoms with Gasteiger partial charge in [0.1, 0.15) is 11.0 Å². The largest absolute Gasteiger partial charge is 0.691 e. The standard InChI is InChI=1S/C29H32ClN5O3/c1-2-3-4-7-20-38-24-13-11-23(12-14-24)32-16-18-33(19-17-32)26-15-10-22(21-25(26)30)29(36)34-27-8-5-6-9-28(27)35(37)31-34/h5-6,8-15,21H,2-4,7,16-20H2,1H3. The fraction of sp³-hybridized carbons (Fsp3) is 0.345. The van der Waals surface area contributed by atoms with Crippen LogP contribution in [-0.4, -0.2) is 48.6 Å². The molecular formula is C29H32ClN5O3. The Morgan fingerprint density at radius 3 is 2.45 bits per heavy atom. The number of anilines is 2. The fourth-order valence-electron chi connectivity index (χ4n) is 4.83. The van der Waals surface area contributed by atoms with Crippen LogP contribution >= 0.6 is 11.6 Å². The Kier molecular flexibility index (Phi) is 7.98. The van der Waals surface area contributed by atoms with Crippen LogP contribution in [0, 0.1) is 5.21 Å². The normalized spacial score (nSPS) is 13.7. The second-order valence-corrected chi connectivity index (χ2v) is 9.92. The van der Waals surface area contributed by atoms with E-state index < -0.39 is 5.91 Å². The molecule has 0 bridgehead atoms. The van der Waals surface area contributed by atoms with Crippen molar-refractivity contribution in [3.8, 4) is 5.75 Å². The third-order valence-corrected chi connectivity index (χ3v) is 7.27. The smallest absolute Gasteiger partial charge is 0.366 e. The first kappa shape index (κ1) is 25.9. The summed E-state index contributed by atoms with van der Waals surface area (Å²) in [4.78, 5) is 18.1. The molecule has 0 amide bonds. The van der Waals surface area contributed by atoms with Gasteiger partial charge in [-0.3, -0.25) is 0 Å². The molecule has 1 fully saturated rings. The first-order chi connectivity index (χ1) is 18.5. The Labute approximate surface area is 227 Å². The van der Waals surface area contributed by atoms with Gasteiger partial charge in [0.25, 0.3) is 0 Å². The van der Waals surface area contributed by atoms with E-state index >= 15 is 0 Å².